The minimum absolute atomic E-state index is 0.0458. The van der Waals surface area contributed by atoms with Gasteiger partial charge in [0.1, 0.15) is 43.4 Å². The molecule has 0 bridgehead atoms. The van der Waals surface area contributed by atoms with E-state index in [-0.39, 0.29) is 113 Å². The van der Waals surface area contributed by atoms with Crippen LogP contribution in [0.15, 0.2) is 121 Å². The minimum atomic E-state index is -1.06. The highest BCUT2D eigenvalue weighted by Gasteiger charge is 2.50. The third-order valence-corrected chi connectivity index (χ3v) is 18.8. The number of hydrogen-bond acceptors (Lipinski definition) is 16. The van der Waals surface area contributed by atoms with Gasteiger partial charge in [-0.2, -0.15) is 0 Å². The van der Waals surface area contributed by atoms with Crippen LogP contribution in [0.2, 0.25) is 0 Å². The van der Waals surface area contributed by atoms with E-state index in [4.69, 9.17) is 18.9 Å². The normalized spacial score (nSPS) is 21.6. The van der Waals surface area contributed by atoms with Crippen molar-refractivity contribution in [3.8, 4) is 0 Å². The molecule has 0 aromatic heterocycles. The van der Waals surface area contributed by atoms with Crippen LogP contribution in [0.5, 0.6) is 0 Å². The highest BCUT2D eigenvalue weighted by atomic mass is 16.5. The Labute approximate surface area is 569 Å². The Kier molecular flexibility index (Phi) is 30.2. The Bertz CT molecular complexity index is 3110. The maximum Gasteiger partial charge on any atom is 0.247 e. The van der Waals surface area contributed by atoms with Crippen molar-refractivity contribution in [2.75, 3.05) is 93.1 Å². The van der Waals surface area contributed by atoms with Gasteiger partial charge in [-0.25, -0.2) is 0 Å². The molecule has 0 saturated carbocycles. The predicted molar refractivity (Wildman–Crippen MR) is 364 cm³/mol. The Morgan fingerprint density at radius 1 is 0.464 bits per heavy atom. The smallest absolute Gasteiger partial charge is 0.247 e. The first-order valence-corrected chi connectivity index (χ1v) is 34.4. The van der Waals surface area contributed by atoms with E-state index in [0.717, 1.165) is 16.7 Å². The summed E-state index contributed by atoms with van der Waals surface area (Å²) in [6.45, 7) is 5.76. The molecule has 11 atom stereocenters. The molecule has 8 rings (SSSR count). The number of fused-ring (bicyclic) bond motifs is 2. The molecular weight excluding hydrogens is 1240 g/mol. The van der Waals surface area contributed by atoms with E-state index >= 15 is 0 Å². The fourth-order valence-corrected chi connectivity index (χ4v) is 13.5. The summed E-state index contributed by atoms with van der Waals surface area (Å²) in [6.07, 6.45) is 5.50. The summed E-state index contributed by atoms with van der Waals surface area (Å²) in [5.41, 5.74) is 3.47. The molecule has 4 aliphatic heterocycles. The zero-order valence-electron chi connectivity index (χ0n) is 56.4. The zero-order valence-corrected chi connectivity index (χ0v) is 56.4. The number of carbonyl (C=O) groups excluding carboxylic acids is 9. The van der Waals surface area contributed by atoms with Gasteiger partial charge in [-0.3, -0.25) is 43.2 Å². The highest BCUT2D eigenvalue weighted by molar-refractivity contribution is 5.97. The van der Waals surface area contributed by atoms with Crippen LogP contribution in [0.3, 0.4) is 0 Å². The van der Waals surface area contributed by atoms with E-state index in [1.54, 1.807) is 48.2 Å². The van der Waals surface area contributed by atoms with Gasteiger partial charge in [0.25, 0.3) is 0 Å². The largest absolute Gasteiger partial charge is 0.377 e. The van der Waals surface area contributed by atoms with Crippen molar-refractivity contribution >= 4 is 53.2 Å². The van der Waals surface area contributed by atoms with Crippen molar-refractivity contribution in [3.63, 3.8) is 0 Å². The van der Waals surface area contributed by atoms with Crippen LogP contribution >= 0.6 is 0 Å². The summed E-state index contributed by atoms with van der Waals surface area (Å²) in [5, 5.41) is 30.2. The van der Waals surface area contributed by atoms with E-state index in [9.17, 15) is 43.2 Å². The quantitative estimate of drug-likeness (QED) is 0.0288. The molecule has 25 nitrogen and oxygen atoms in total. The Hall–Kier alpha value is -8.17. The maximum absolute atomic E-state index is 14.7. The molecule has 0 aliphatic carbocycles. The van der Waals surface area contributed by atoms with Crippen LogP contribution in [0.25, 0.3) is 0 Å². The molecule has 10 N–H and O–H groups in total. The number of nitrogens with zero attached hydrogens (tertiary/aromatic N) is 2. The second-order valence-electron chi connectivity index (χ2n) is 25.1. The van der Waals surface area contributed by atoms with E-state index in [1.165, 1.54) is 0 Å². The van der Waals surface area contributed by atoms with Crippen LogP contribution < -0.4 is 53.2 Å². The van der Waals surface area contributed by atoms with Crippen LogP contribution in [0.1, 0.15) is 112 Å². The van der Waals surface area contributed by atoms with Crippen molar-refractivity contribution in [1.29, 1.82) is 0 Å². The summed E-state index contributed by atoms with van der Waals surface area (Å²) < 4.78 is 22.4. The van der Waals surface area contributed by atoms with E-state index in [2.05, 4.69) is 53.2 Å². The SMILES string of the molecule is CC[C@H](NC)C(=O)N[C@@H]1C(=O)N2[C@@H](CC[C@@H]1CNC(=O)COCC(=O)NCCOCCOCCOCCNC(=O)[C@@H](NC(=O)[C@@H]1CC[C@@H]3CC[C@H](CNCc4ccccc4)[C@H](NC(=O)[C@H](CC)NC)C(=O)N31)c1ccccc1)CC[C@H]2C(=O)NC(c1ccccc1)c1ccccc1. The number of nitrogens with one attached hydrogen (secondary N) is 10. The number of carbonyl (C=O) groups is 9. The molecule has 0 spiro atoms. The van der Waals surface area contributed by atoms with E-state index in [1.807, 2.05) is 111 Å². The van der Waals surface area contributed by atoms with Gasteiger partial charge in [-0.05, 0) is 101 Å². The molecule has 4 fully saturated rings. The first-order chi connectivity index (χ1) is 47.2. The third kappa shape index (κ3) is 21.7. The van der Waals surface area contributed by atoms with Gasteiger partial charge in [0.05, 0.1) is 57.8 Å². The van der Waals surface area contributed by atoms with Crippen LogP contribution in [0.4, 0.5) is 0 Å². The topological polar surface area (TPSA) is 317 Å². The monoisotopic (exact) mass is 1340 g/mol. The molecule has 0 radical (unpaired) electrons. The summed E-state index contributed by atoms with van der Waals surface area (Å²) in [5.74, 6) is -4.16. The number of ether oxygens (including phenoxy) is 4. The average molecular weight is 1340 g/mol. The average Bonchev–Trinajstić information content (AvgIpc) is 1.66. The second kappa shape index (κ2) is 39.3. The van der Waals surface area contributed by atoms with Gasteiger partial charge in [0.15, 0.2) is 0 Å². The number of hydrogen-bond donors (Lipinski definition) is 10. The lowest BCUT2D eigenvalue weighted by Crippen LogP contribution is -2.59. The van der Waals surface area contributed by atoms with Gasteiger partial charge >= 0.3 is 0 Å². The minimum Gasteiger partial charge on any atom is -0.377 e. The molecular formula is C72H100N12O13. The molecule has 4 aromatic rings. The molecule has 97 heavy (non-hydrogen) atoms. The van der Waals surface area contributed by atoms with Crippen molar-refractivity contribution < 1.29 is 62.1 Å². The Morgan fingerprint density at radius 3 is 1.37 bits per heavy atom. The fraction of sp³-hybridized carbons (Fsp3) is 0.542. The van der Waals surface area contributed by atoms with Crippen molar-refractivity contribution in [2.45, 2.75) is 145 Å². The lowest BCUT2D eigenvalue weighted by molar-refractivity contribution is -0.144. The molecule has 25 heteroatoms. The van der Waals surface area contributed by atoms with E-state index < -0.39 is 84.5 Å². The number of benzene rings is 4. The predicted octanol–water partition coefficient (Wildman–Crippen LogP) is 2.46. The molecule has 4 saturated heterocycles. The summed E-state index contributed by atoms with van der Waals surface area (Å²) in [4.78, 5) is 128. The summed E-state index contributed by atoms with van der Waals surface area (Å²) in [6, 6.07) is 31.7. The Morgan fingerprint density at radius 2 is 0.887 bits per heavy atom. The van der Waals surface area contributed by atoms with Crippen molar-refractivity contribution in [1.82, 2.24) is 63.0 Å². The zero-order chi connectivity index (χ0) is 68.9. The molecule has 9 amide bonds. The van der Waals surface area contributed by atoms with Crippen LogP contribution in [-0.2, 0) is 68.6 Å². The molecule has 4 aliphatic rings. The highest BCUT2D eigenvalue weighted by Crippen LogP contribution is 2.37. The molecule has 0 unspecified atom stereocenters. The molecule has 526 valence electrons. The van der Waals surface area contributed by atoms with Gasteiger partial charge < -0.3 is 81.9 Å². The number of likely N-dealkylation sites (N-methyl/N-ethyl adjacent to an activating group) is 2. The Balaban J connectivity index is 0.700. The molecule has 4 aromatic carbocycles. The first-order valence-electron chi connectivity index (χ1n) is 34.4. The van der Waals surface area contributed by atoms with E-state index in [0.29, 0.717) is 82.9 Å². The lowest BCUT2D eigenvalue weighted by atomic mass is 9.92. The van der Waals surface area contributed by atoms with Gasteiger partial charge in [-0.15, -0.1) is 0 Å². The summed E-state index contributed by atoms with van der Waals surface area (Å²) >= 11 is 0. The van der Waals surface area contributed by atoms with Crippen molar-refractivity contribution in [3.05, 3.63) is 144 Å². The fourth-order valence-electron chi connectivity index (χ4n) is 13.5. The third-order valence-electron chi connectivity index (χ3n) is 18.8. The van der Waals surface area contributed by atoms with Gasteiger partial charge in [-0.1, -0.05) is 135 Å². The first kappa shape index (κ1) is 74.6. The number of amides is 9. The summed E-state index contributed by atoms with van der Waals surface area (Å²) in [7, 11) is 3.39. The van der Waals surface area contributed by atoms with Crippen LogP contribution in [-0.4, -0.2) is 204 Å². The number of rotatable bonds is 38. The van der Waals surface area contributed by atoms with Crippen molar-refractivity contribution in [2.24, 2.45) is 11.8 Å². The second-order valence-corrected chi connectivity index (χ2v) is 25.1. The van der Waals surface area contributed by atoms with Gasteiger partial charge in [0, 0.05) is 56.6 Å². The lowest BCUT2D eigenvalue weighted by Gasteiger charge is -2.33. The van der Waals surface area contributed by atoms with Gasteiger partial charge in [0.2, 0.25) is 53.2 Å². The van der Waals surface area contributed by atoms with Crippen LogP contribution in [0, 0.1) is 11.8 Å². The maximum atomic E-state index is 14.7. The molecule has 4 heterocycles. The standard InChI is InChI=1S/C72H100N12O13/c1-5-56(73-3)66(87)81-64-52(44-75-43-48-19-11-7-12-20-48)27-29-54-32-34-59(84(54)71(64)92)69(90)80-63(51-25-17-10-18-26-51)70(91)77-36-38-95-40-42-96-41-39-94-37-35-76-60(85)46-97-47-61(86)78-45-53-28-30-55-31-33-58(83(55)72(93)65(53)82-67(88)57(6-2)74-4)68(89)79-62(49-21-13-8-14-22-49)50-23-15-9-16-24-50/h7-26,52-59,62-65,73-75H,5-6,27-47H2,1-4H3,(H,76,85)(H,77,91)(H,78,86)(H,79,89)(H,80,90)(H,81,87)(H,82,88)/t52-,53-,54+,55+,56+,57+,58+,59+,63+,64+,65+/m1/s1.